The fraction of sp³-hybridized carbons (Fsp3) is 0.0588. The van der Waals surface area contributed by atoms with E-state index in [4.69, 9.17) is 0 Å². The number of aromatic nitrogens is 3. The Morgan fingerprint density at radius 2 is 1.57 bits per heavy atom. The summed E-state index contributed by atoms with van der Waals surface area (Å²) in [5.74, 6) is -0.0111. The van der Waals surface area contributed by atoms with Crippen molar-refractivity contribution in [3.63, 3.8) is 0 Å². The van der Waals surface area contributed by atoms with Gasteiger partial charge < -0.3 is 0 Å². The molecule has 0 radical (unpaired) electrons. The van der Waals surface area contributed by atoms with Crippen LogP contribution in [0.3, 0.4) is 0 Å². The third kappa shape index (κ3) is 3.17. The molecule has 3 aromatic heterocycles. The van der Waals surface area contributed by atoms with E-state index in [1.165, 1.54) is 0 Å². The van der Waals surface area contributed by atoms with Crippen LogP contribution >= 0.6 is 0 Å². The van der Waals surface area contributed by atoms with E-state index in [0.717, 1.165) is 17.0 Å². The van der Waals surface area contributed by atoms with Crippen molar-refractivity contribution in [2.24, 2.45) is 0 Å². The lowest BCUT2D eigenvalue weighted by Crippen LogP contribution is -2.05. The lowest BCUT2D eigenvalue weighted by atomic mass is 10.1. The summed E-state index contributed by atoms with van der Waals surface area (Å²) < 4.78 is 0. The van der Waals surface area contributed by atoms with Gasteiger partial charge in [-0.1, -0.05) is 18.2 Å². The highest BCUT2D eigenvalue weighted by molar-refractivity contribution is 5.95. The first kappa shape index (κ1) is 13.1. The van der Waals surface area contributed by atoms with Crippen molar-refractivity contribution in [2.45, 2.75) is 6.42 Å². The number of carbonyl (C=O) groups is 1. The zero-order valence-electron chi connectivity index (χ0n) is 11.3. The van der Waals surface area contributed by atoms with E-state index >= 15 is 0 Å². The molecule has 0 atom stereocenters. The van der Waals surface area contributed by atoms with Crippen LogP contribution in [0.5, 0.6) is 0 Å². The van der Waals surface area contributed by atoms with Crippen molar-refractivity contribution >= 4 is 5.78 Å². The quantitative estimate of drug-likeness (QED) is 0.687. The van der Waals surface area contributed by atoms with Gasteiger partial charge in [0.2, 0.25) is 0 Å². The Bertz CT molecular complexity index is 725. The first-order valence-electron chi connectivity index (χ1n) is 6.63. The molecule has 3 aromatic rings. The second-order valence-electron chi connectivity index (χ2n) is 4.58. The summed E-state index contributed by atoms with van der Waals surface area (Å²) in [5.41, 5.74) is 2.96. The Morgan fingerprint density at radius 1 is 0.810 bits per heavy atom. The van der Waals surface area contributed by atoms with Crippen LogP contribution in [-0.2, 0) is 6.42 Å². The standard InChI is InChI=1S/C17H13N3O/c21-17(16-6-2-4-10-19-16)11-13-7-8-15(20-12-13)14-5-1-3-9-18-14/h1-10,12H,11H2. The summed E-state index contributed by atoms with van der Waals surface area (Å²) in [7, 11) is 0. The van der Waals surface area contributed by atoms with Gasteiger partial charge in [0.15, 0.2) is 5.78 Å². The summed E-state index contributed by atoms with van der Waals surface area (Å²) in [6, 6.07) is 14.8. The second kappa shape index (κ2) is 6.05. The molecular weight excluding hydrogens is 262 g/mol. The number of hydrogen-bond donors (Lipinski definition) is 0. The Kier molecular flexibility index (Phi) is 3.78. The molecule has 102 valence electrons. The summed E-state index contributed by atoms with van der Waals surface area (Å²) in [5, 5.41) is 0. The van der Waals surface area contributed by atoms with Crippen LogP contribution in [-0.4, -0.2) is 20.7 Å². The summed E-state index contributed by atoms with van der Waals surface area (Å²) >= 11 is 0. The molecule has 0 N–H and O–H groups in total. The molecule has 3 heterocycles. The Morgan fingerprint density at radius 3 is 2.19 bits per heavy atom. The second-order valence-corrected chi connectivity index (χ2v) is 4.58. The van der Waals surface area contributed by atoms with E-state index < -0.39 is 0 Å². The van der Waals surface area contributed by atoms with Gasteiger partial charge in [0, 0.05) is 25.0 Å². The molecule has 0 amide bonds. The normalized spacial score (nSPS) is 10.3. The topological polar surface area (TPSA) is 55.7 Å². The van der Waals surface area contributed by atoms with Gasteiger partial charge in [-0.2, -0.15) is 0 Å². The van der Waals surface area contributed by atoms with Crippen molar-refractivity contribution < 1.29 is 4.79 Å². The van der Waals surface area contributed by atoms with Gasteiger partial charge in [-0.15, -0.1) is 0 Å². The van der Waals surface area contributed by atoms with Gasteiger partial charge in [-0.05, 0) is 35.9 Å². The van der Waals surface area contributed by atoms with Gasteiger partial charge in [-0.3, -0.25) is 19.7 Å². The first-order chi connectivity index (χ1) is 10.3. The molecule has 0 aliphatic rings. The van der Waals surface area contributed by atoms with Crippen LogP contribution in [0.4, 0.5) is 0 Å². The van der Waals surface area contributed by atoms with E-state index in [0.29, 0.717) is 12.1 Å². The maximum Gasteiger partial charge on any atom is 0.185 e. The van der Waals surface area contributed by atoms with Crippen molar-refractivity contribution in [1.29, 1.82) is 0 Å². The highest BCUT2D eigenvalue weighted by Gasteiger charge is 2.08. The smallest absolute Gasteiger partial charge is 0.185 e. The molecule has 0 saturated carbocycles. The number of hydrogen-bond acceptors (Lipinski definition) is 4. The fourth-order valence-corrected chi connectivity index (χ4v) is 2.00. The molecule has 0 aliphatic heterocycles. The van der Waals surface area contributed by atoms with Gasteiger partial charge in [-0.25, -0.2) is 0 Å². The number of Topliss-reactive ketones (excluding diaryl/α,β-unsaturated/α-hetero) is 1. The highest BCUT2D eigenvalue weighted by atomic mass is 16.1. The minimum absolute atomic E-state index is 0.0111. The molecule has 0 aliphatic carbocycles. The lowest BCUT2D eigenvalue weighted by Gasteiger charge is -2.03. The third-order valence-electron chi connectivity index (χ3n) is 3.07. The molecule has 3 rings (SSSR count). The first-order valence-corrected chi connectivity index (χ1v) is 6.63. The molecule has 4 heteroatoms. The largest absolute Gasteiger partial charge is 0.292 e. The molecule has 0 spiro atoms. The Labute approximate surface area is 122 Å². The monoisotopic (exact) mass is 275 g/mol. The van der Waals surface area contributed by atoms with Gasteiger partial charge >= 0.3 is 0 Å². The predicted molar refractivity (Wildman–Crippen MR) is 79.7 cm³/mol. The summed E-state index contributed by atoms with van der Waals surface area (Å²) in [6.07, 6.45) is 5.36. The molecular formula is C17H13N3O. The number of rotatable bonds is 4. The minimum atomic E-state index is -0.0111. The van der Waals surface area contributed by atoms with Crippen molar-refractivity contribution in [3.05, 3.63) is 78.4 Å². The van der Waals surface area contributed by atoms with Gasteiger partial charge in [0.25, 0.3) is 0 Å². The molecule has 0 fully saturated rings. The maximum atomic E-state index is 12.1. The van der Waals surface area contributed by atoms with E-state index in [9.17, 15) is 4.79 Å². The Balaban J connectivity index is 1.75. The van der Waals surface area contributed by atoms with Crippen LogP contribution in [0.15, 0.2) is 67.1 Å². The SMILES string of the molecule is O=C(Cc1ccc(-c2ccccn2)nc1)c1ccccn1. The zero-order chi connectivity index (χ0) is 14.5. The summed E-state index contributed by atoms with van der Waals surface area (Å²) in [6.45, 7) is 0. The van der Waals surface area contributed by atoms with Crippen molar-refractivity contribution in [1.82, 2.24) is 15.0 Å². The molecule has 21 heavy (non-hydrogen) atoms. The minimum Gasteiger partial charge on any atom is -0.292 e. The van der Waals surface area contributed by atoms with Gasteiger partial charge in [0.05, 0.1) is 11.4 Å². The number of nitrogens with zero attached hydrogens (tertiary/aromatic N) is 3. The van der Waals surface area contributed by atoms with E-state index in [2.05, 4.69) is 15.0 Å². The van der Waals surface area contributed by atoms with Crippen molar-refractivity contribution in [3.8, 4) is 11.4 Å². The van der Waals surface area contributed by atoms with Crippen LogP contribution in [0.1, 0.15) is 16.1 Å². The molecule has 0 bridgehead atoms. The Hall–Kier alpha value is -2.88. The van der Waals surface area contributed by atoms with Crippen LogP contribution in [0, 0.1) is 0 Å². The van der Waals surface area contributed by atoms with Gasteiger partial charge in [0.1, 0.15) is 5.69 Å². The maximum absolute atomic E-state index is 12.1. The molecule has 0 aromatic carbocycles. The third-order valence-corrected chi connectivity index (χ3v) is 3.07. The number of carbonyl (C=O) groups excluding carboxylic acids is 1. The van der Waals surface area contributed by atoms with Crippen LogP contribution < -0.4 is 0 Å². The molecule has 0 unspecified atom stereocenters. The predicted octanol–water partition coefficient (Wildman–Crippen LogP) is 2.96. The van der Waals surface area contributed by atoms with E-state index in [-0.39, 0.29) is 5.78 Å². The average molecular weight is 275 g/mol. The van der Waals surface area contributed by atoms with Crippen LogP contribution in [0.25, 0.3) is 11.4 Å². The number of pyridine rings is 3. The molecule has 0 saturated heterocycles. The van der Waals surface area contributed by atoms with Crippen molar-refractivity contribution in [2.75, 3.05) is 0 Å². The lowest BCUT2D eigenvalue weighted by molar-refractivity contribution is 0.0988. The highest BCUT2D eigenvalue weighted by Crippen LogP contribution is 2.14. The summed E-state index contributed by atoms with van der Waals surface area (Å²) in [4.78, 5) is 24.7. The zero-order valence-corrected chi connectivity index (χ0v) is 11.3. The molecule has 4 nitrogen and oxygen atoms in total. The van der Waals surface area contributed by atoms with E-state index in [1.807, 2.05) is 36.4 Å². The fourth-order valence-electron chi connectivity index (χ4n) is 2.00. The number of ketones is 1. The van der Waals surface area contributed by atoms with E-state index in [1.54, 1.807) is 30.7 Å². The van der Waals surface area contributed by atoms with Crippen LogP contribution in [0.2, 0.25) is 0 Å². The average Bonchev–Trinajstić information content (AvgIpc) is 2.57.